The standard InChI is InChI=1S/C12H13BrO3/c1-8(14)5-9-3-4-11(13)10(6-9)7-12(15)16-2/h3-4,6H,5,7H2,1-2H3. The molecule has 1 aromatic rings. The first-order valence-corrected chi connectivity index (χ1v) is 5.65. The second-order valence-corrected chi connectivity index (χ2v) is 4.41. The molecule has 0 aromatic heterocycles. The molecule has 0 fully saturated rings. The summed E-state index contributed by atoms with van der Waals surface area (Å²) in [4.78, 5) is 22.1. The van der Waals surface area contributed by atoms with E-state index in [1.54, 1.807) is 6.92 Å². The van der Waals surface area contributed by atoms with E-state index in [1.165, 1.54) is 7.11 Å². The van der Waals surface area contributed by atoms with E-state index in [4.69, 9.17) is 0 Å². The van der Waals surface area contributed by atoms with Gasteiger partial charge in [-0.25, -0.2) is 0 Å². The van der Waals surface area contributed by atoms with Gasteiger partial charge in [0.25, 0.3) is 0 Å². The third kappa shape index (κ3) is 3.77. The van der Waals surface area contributed by atoms with Crippen LogP contribution in [0.25, 0.3) is 0 Å². The molecule has 0 spiro atoms. The molecule has 0 radical (unpaired) electrons. The fraction of sp³-hybridized carbons (Fsp3) is 0.333. The smallest absolute Gasteiger partial charge is 0.310 e. The summed E-state index contributed by atoms with van der Waals surface area (Å²) in [5.41, 5.74) is 1.75. The summed E-state index contributed by atoms with van der Waals surface area (Å²) in [6.45, 7) is 1.54. The Morgan fingerprint density at radius 1 is 1.31 bits per heavy atom. The molecule has 0 saturated heterocycles. The third-order valence-corrected chi connectivity index (χ3v) is 2.90. The highest BCUT2D eigenvalue weighted by atomic mass is 79.9. The number of carbonyl (C=O) groups is 2. The molecule has 0 amide bonds. The van der Waals surface area contributed by atoms with Crippen LogP contribution in [0.3, 0.4) is 0 Å². The van der Waals surface area contributed by atoms with E-state index in [0.29, 0.717) is 6.42 Å². The first-order valence-electron chi connectivity index (χ1n) is 4.86. The highest BCUT2D eigenvalue weighted by Crippen LogP contribution is 2.19. The zero-order chi connectivity index (χ0) is 12.1. The molecule has 86 valence electrons. The molecule has 0 saturated carbocycles. The predicted molar refractivity (Wildman–Crippen MR) is 64.2 cm³/mol. The lowest BCUT2D eigenvalue weighted by Crippen LogP contribution is -2.06. The third-order valence-electron chi connectivity index (χ3n) is 2.13. The summed E-state index contributed by atoms with van der Waals surface area (Å²) in [6.07, 6.45) is 0.601. The topological polar surface area (TPSA) is 43.4 Å². The highest BCUT2D eigenvalue weighted by molar-refractivity contribution is 9.10. The molecule has 3 nitrogen and oxygen atoms in total. The van der Waals surface area contributed by atoms with E-state index in [-0.39, 0.29) is 18.2 Å². The maximum Gasteiger partial charge on any atom is 0.310 e. The Bertz CT molecular complexity index is 413. The van der Waals surface area contributed by atoms with Crippen molar-refractivity contribution >= 4 is 27.7 Å². The van der Waals surface area contributed by atoms with E-state index in [0.717, 1.165) is 15.6 Å². The predicted octanol–water partition coefficient (Wildman–Crippen LogP) is 2.30. The van der Waals surface area contributed by atoms with Gasteiger partial charge in [0.15, 0.2) is 0 Å². The monoisotopic (exact) mass is 284 g/mol. The number of ether oxygens (including phenoxy) is 1. The lowest BCUT2D eigenvalue weighted by molar-refractivity contribution is -0.139. The van der Waals surface area contributed by atoms with Crippen molar-refractivity contribution in [1.82, 2.24) is 0 Å². The molecule has 1 aromatic carbocycles. The highest BCUT2D eigenvalue weighted by Gasteiger charge is 2.08. The minimum atomic E-state index is -0.291. The number of hydrogen-bond donors (Lipinski definition) is 0. The number of Topliss-reactive ketones (excluding diaryl/α,β-unsaturated/α-hetero) is 1. The second kappa shape index (κ2) is 5.80. The Hall–Kier alpha value is -1.16. The van der Waals surface area contributed by atoms with Gasteiger partial charge >= 0.3 is 5.97 Å². The van der Waals surface area contributed by atoms with E-state index < -0.39 is 0 Å². The first kappa shape index (κ1) is 12.9. The van der Waals surface area contributed by atoms with Crippen molar-refractivity contribution in [2.45, 2.75) is 19.8 Å². The Labute approximate surface area is 103 Å². The second-order valence-electron chi connectivity index (χ2n) is 3.56. The summed E-state index contributed by atoms with van der Waals surface area (Å²) in [5, 5.41) is 0. The van der Waals surface area contributed by atoms with Crippen LogP contribution in [-0.2, 0) is 27.2 Å². The van der Waals surface area contributed by atoms with Crippen molar-refractivity contribution in [3.63, 3.8) is 0 Å². The number of esters is 1. The first-order chi connectivity index (χ1) is 7.52. The van der Waals surface area contributed by atoms with Crippen LogP contribution >= 0.6 is 15.9 Å². The molecule has 1 rings (SSSR count). The number of benzene rings is 1. The van der Waals surface area contributed by atoms with Crippen LogP contribution in [0.1, 0.15) is 18.1 Å². The molecule has 0 unspecified atom stereocenters. The molecular formula is C12H13BrO3. The van der Waals surface area contributed by atoms with Crippen molar-refractivity contribution < 1.29 is 14.3 Å². The Morgan fingerprint density at radius 2 is 2.00 bits per heavy atom. The van der Waals surface area contributed by atoms with Crippen molar-refractivity contribution in [2.75, 3.05) is 7.11 Å². The summed E-state index contributed by atoms with van der Waals surface area (Å²) in [7, 11) is 1.36. The molecule has 0 aliphatic heterocycles. The molecule has 0 bridgehead atoms. The van der Waals surface area contributed by atoms with Crippen molar-refractivity contribution in [1.29, 1.82) is 0 Å². The van der Waals surface area contributed by atoms with Gasteiger partial charge in [-0.05, 0) is 24.1 Å². The van der Waals surface area contributed by atoms with Gasteiger partial charge < -0.3 is 4.74 Å². The molecule has 16 heavy (non-hydrogen) atoms. The molecule has 0 N–H and O–H groups in total. The summed E-state index contributed by atoms with van der Waals surface area (Å²) < 4.78 is 5.46. The fourth-order valence-corrected chi connectivity index (χ4v) is 1.78. The lowest BCUT2D eigenvalue weighted by atomic mass is 10.0. The maximum atomic E-state index is 11.2. The van der Waals surface area contributed by atoms with Crippen LogP contribution in [0.4, 0.5) is 0 Å². The van der Waals surface area contributed by atoms with E-state index in [2.05, 4.69) is 20.7 Å². The normalized spacial score (nSPS) is 9.94. The van der Waals surface area contributed by atoms with Crippen LogP contribution in [0.2, 0.25) is 0 Å². The van der Waals surface area contributed by atoms with E-state index in [1.807, 2.05) is 18.2 Å². The summed E-state index contributed by atoms with van der Waals surface area (Å²) in [6, 6.07) is 5.56. The Morgan fingerprint density at radius 3 is 2.56 bits per heavy atom. The van der Waals surface area contributed by atoms with Gasteiger partial charge in [0.2, 0.25) is 0 Å². The molecule has 4 heteroatoms. The Kier molecular flexibility index (Phi) is 4.68. The average molecular weight is 285 g/mol. The molecule has 0 atom stereocenters. The van der Waals surface area contributed by atoms with Gasteiger partial charge in [-0.3, -0.25) is 9.59 Å². The van der Waals surface area contributed by atoms with Crippen molar-refractivity contribution in [2.24, 2.45) is 0 Å². The molecule has 0 aliphatic rings. The van der Waals surface area contributed by atoms with Gasteiger partial charge in [0.05, 0.1) is 13.5 Å². The minimum Gasteiger partial charge on any atom is -0.469 e. The van der Waals surface area contributed by atoms with Crippen molar-refractivity contribution in [3.05, 3.63) is 33.8 Å². The number of hydrogen-bond acceptors (Lipinski definition) is 3. The largest absolute Gasteiger partial charge is 0.469 e. The van der Waals surface area contributed by atoms with Gasteiger partial charge in [0.1, 0.15) is 5.78 Å². The van der Waals surface area contributed by atoms with E-state index >= 15 is 0 Å². The zero-order valence-electron chi connectivity index (χ0n) is 9.25. The van der Waals surface area contributed by atoms with Crippen LogP contribution in [0.5, 0.6) is 0 Å². The van der Waals surface area contributed by atoms with Crippen LogP contribution in [0, 0.1) is 0 Å². The number of carbonyl (C=O) groups excluding carboxylic acids is 2. The summed E-state index contributed by atoms with van der Waals surface area (Å²) in [5.74, 6) is -0.188. The number of halogens is 1. The van der Waals surface area contributed by atoms with Crippen molar-refractivity contribution in [3.8, 4) is 0 Å². The zero-order valence-corrected chi connectivity index (χ0v) is 10.8. The van der Waals surface area contributed by atoms with Gasteiger partial charge in [-0.2, -0.15) is 0 Å². The quantitative estimate of drug-likeness (QED) is 0.797. The van der Waals surface area contributed by atoms with Crippen LogP contribution < -0.4 is 0 Å². The van der Waals surface area contributed by atoms with Crippen LogP contribution in [0.15, 0.2) is 22.7 Å². The lowest BCUT2D eigenvalue weighted by Gasteiger charge is -2.06. The minimum absolute atomic E-state index is 0.103. The SMILES string of the molecule is COC(=O)Cc1cc(CC(C)=O)ccc1Br. The maximum absolute atomic E-state index is 11.2. The van der Waals surface area contributed by atoms with Gasteiger partial charge in [-0.15, -0.1) is 0 Å². The van der Waals surface area contributed by atoms with Gasteiger partial charge in [-0.1, -0.05) is 28.1 Å². The average Bonchev–Trinajstić information content (AvgIpc) is 2.22. The van der Waals surface area contributed by atoms with E-state index in [9.17, 15) is 9.59 Å². The fourth-order valence-electron chi connectivity index (χ4n) is 1.39. The molecule has 0 heterocycles. The molecular weight excluding hydrogens is 272 g/mol. The number of methoxy groups -OCH3 is 1. The summed E-state index contributed by atoms with van der Waals surface area (Å²) >= 11 is 3.36. The molecule has 0 aliphatic carbocycles. The Balaban J connectivity index is 2.90. The van der Waals surface area contributed by atoms with Crippen LogP contribution in [-0.4, -0.2) is 18.9 Å². The van der Waals surface area contributed by atoms with Gasteiger partial charge in [0, 0.05) is 10.9 Å². The number of ketones is 1. The number of rotatable bonds is 4.